The number of benzene rings is 1. The summed E-state index contributed by atoms with van der Waals surface area (Å²) in [5, 5.41) is 8.74. The number of hydrogen-bond donors (Lipinski definition) is 1. The van der Waals surface area contributed by atoms with Gasteiger partial charge in [0.25, 0.3) is 0 Å². The first-order valence-corrected chi connectivity index (χ1v) is 7.09. The largest absolute Gasteiger partial charge is 0.491 e. The molecular formula is C16H24N2O. The predicted molar refractivity (Wildman–Crippen MR) is 79.0 cm³/mol. The first-order chi connectivity index (χ1) is 9.17. The van der Waals surface area contributed by atoms with E-state index < -0.39 is 0 Å². The molecule has 3 heteroatoms. The third kappa shape index (κ3) is 5.65. The minimum atomic E-state index is 0.204. The van der Waals surface area contributed by atoms with Gasteiger partial charge in [-0.1, -0.05) is 26.2 Å². The van der Waals surface area contributed by atoms with Gasteiger partial charge in [0, 0.05) is 5.69 Å². The summed E-state index contributed by atoms with van der Waals surface area (Å²) < 4.78 is 5.87. The van der Waals surface area contributed by atoms with Crippen LogP contribution in [0.3, 0.4) is 0 Å². The number of hydrogen-bond acceptors (Lipinski definition) is 3. The summed E-state index contributed by atoms with van der Waals surface area (Å²) in [5.74, 6) is 0.808. The maximum Gasteiger partial charge on any atom is 0.120 e. The van der Waals surface area contributed by atoms with Gasteiger partial charge in [0.2, 0.25) is 0 Å². The Morgan fingerprint density at radius 2 is 2.11 bits per heavy atom. The van der Waals surface area contributed by atoms with Crippen LogP contribution in [0.1, 0.15) is 51.5 Å². The topological polar surface area (TPSA) is 59.0 Å². The summed E-state index contributed by atoms with van der Waals surface area (Å²) in [6, 6.07) is 7.68. The molecule has 0 spiro atoms. The molecule has 0 aliphatic heterocycles. The predicted octanol–water partition coefficient (Wildman–Crippen LogP) is 4.07. The zero-order chi connectivity index (χ0) is 14.1. The van der Waals surface area contributed by atoms with E-state index in [1.54, 1.807) is 0 Å². The second-order valence-electron chi connectivity index (χ2n) is 4.97. The molecule has 0 aromatic heterocycles. The molecule has 0 radical (unpaired) electrons. The number of unbranched alkanes of at least 4 members (excludes halogenated alkanes) is 3. The summed E-state index contributed by atoms with van der Waals surface area (Å²) in [6.07, 6.45) is 6.62. The maximum atomic E-state index is 8.74. The van der Waals surface area contributed by atoms with E-state index in [0.29, 0.717) is 12.1 Å². The van der Waals surface area contributed by atoms with Crippen molar-refractivity contribution in [2.24, 2.45) is 0 Å². The van der Waals surface area contributed by atoms with E-state index >= 15 is 0 Å². The fourth-order valence-corrected chi connectivity index (χ4v) is 2.04. The normalized spacial score (nSPS) is 11.8. The van der Waals surface area contributed by atoms with Gasteiger partial charge in [0.1, 0.15) is 5.75 Å². The van der Waals surface area contributed by atoms with Crippen molar-refractivity contribution in [3.05, 3.63) is 23.8 Å². The molecule has 1 aromatic rings. The van der Waals surface area contributed by atoms with E-state index in [-0.39, 0.29) is 6.10 Å². The zero-order valence-corrected chi connectivity index (χ0v) is 12.0. The lowest BCUT2D eigenvalue weighted by Crippen LogP contribution is -2.11. The fourth-order valence-electron chi connectivity index (χ4n) is 2.04. The highest BCUT2D eigenvalue weighted by atomic mass is 16.5. The molecular weight excluding hydrogens is 236 g/mol. The lowest BCUT2D eigenvalue weighted by Gasteiger charge is -2.15. The highest BCUT2D eigenvalue weighted by molar-refractivity contribution is 5.51. The lowest BCUT2D eigenvalue weighted by molar-refractivity contribution is 0.206. The van der Waals surface area contributed by atoms with Crippen molar-refractivity contribution in [1.82, 2.24) is 0 Å². The van der Waals surface area contributed by atoms with Gasteiger partial charge in [-0.25, -0.2) is 0 Å². The Labute approximate surface area is 116 Å². The van der Waals surface area contributed by atoms with E-state index in [4.69, 9.17) is 15.7 Å². The molecule has 0 aliphatic rings. The maximum absolute atomic E-state index is 8.74. The first kappa shape index (κ1) is 15.4. The van der Waals surface area contributed by atoms with Gasteiger partial charge in [-0.05, 0) is 43.5 Å². The number of nitrogen functional groups attached to an aromatic ring is 1. The van der Waals surface area contributed by atoms with Crippen LogP contribution in [0.4, 0.5) is 5.69 Å². The van der Waals surface area contributed by atoms with Gasteiger partial charge in [-0.3, -0.25) is 0 Å². The molecule has 0 heterocycles. The Bertz CT molecular complexity index is 423. The van der Waals surface area contributed by atoms with Crippen LogP contribution in [-0.2, 0) is 6.42 Å². The molecule has 104 valence electrons. The highest BCUT2D eigenvalue weighted by Gasteiger charge is 2.06. The molecule has 1 aromatic carbocycles. The van der Waals surface area contributed by atoms with Gasteiger partial charge >= 0.3 is 0 Å². The lowest BCUT2D eigenvalue weighted by atomic mass is 10.1. The van der Waals surface area contributed by atoms with Gasteiger partial charge in [-0.2, -0.15) is 5.26 Å². The van der Waals surface area contributed by atoms with E-state index in [9.17, 15) is 0 Å². The van der Waals surface area contributed by atoms with Crippen LogP contribution < -0.4 is 10.5 Å². The van der Waals surface area contributed by atoms with Crippen molar-refractivity contribution in [2.45, 2.75) is 58.5 Å². The van der Waals surface area contributed by atoms with Crippen LogP contribution in [0.2, 0.25) is 0 Å². The Morgan fingerprint density at radius 3 is 2.79 bits per heavy atom. The van der Waals surface area contributed by atoms with Crippen LogP contribution in [0.25, 0.3) is 0 Å². The van der Waals surface area contributed by atoms with Crippen molar-refractivity contribution in [1.29, 1.82) is 5.26 Å². The molecule has 1 atom stereocenters. The molecule has 0 aliphatic carbocycles. The number of nitrogens with zero attached hydrogens (tertiary/aromatic N) is 1. The summed E-state index contributed by atoms with van der Waals surface area (Å²) in [6.45, 7) is 4.30. The highest BCUT2D eigenvalue weighted by Crippen LogP contribution is 2.22. The minimum Gasteiger partial charge on any atom is -0.491 e. The molecule has 1 rings (SSSR count). The van der Waals surface area contributed by atoms with Crippen molar-refractivity contribution in [3.63, 3.8) is 0 Å². The zero-order valence-electron chi connectivity index (χ0n) is 12.0. The van der Waals surface area contributed by atoms with E-state index in [2.05, 4.69) is 19.9 Å². The quantitative estimate of drug-likeness (QED) is 0.566. The monoisotopic (exact) mass is 260 g/mol. The van der Waals surface area contributed by atoms with Crippen molar-refractivity contribution < 1.29 is 4.74 Å². The number of rotatable bonds is 8. The van der Waals surface area contributed by atoms with Crippen LogP contribution in [0.5, 0.6) is 5.75 Å². The molecule has 0 saturated heterocycles. The summed E-state index contributed by atoms with van der Waals surface area (Å²) >= 11 is 0. The Kier molecular flexibility index (Phi) is 6.81. The van der Waals surface area contributed by atoms with Crippen LogP contribution in [0.15, 0.2) is 18.2 Å². The third-order valence-corrected chi connectivity index (χ3v) is 3.19. The number of nitrogens with two attached hydrogens (primary N) is 1. The Balaban J connectivity index is 2.47. The molecule has 0 saturated carbocycles. The van der Waals surface area contributed by atoms with Crippen LogP contribution in [-0.4, -0.2) is 6.10 Å². The number of anilines is 1. The molecule has 0 bridgehead atoms. The average molecular weight is 260 g/mol. The van der Waals surface area contributed by atoms with E-state index in [1.807, 2.05) is 18.2 Å². The van der Waals surface area contributed by atoms with Gasteiger partial charge < -0.3 is 10.5 Å². The number of nitriles is 1. The minimum absolute atomic E-state index is 0.204. The standard InChI is InChI=1S/C16H24N2O/c1-3-4-5-6-7-13(2)19-15-8-9-16(18)14(12-15)10-11-17/h8-9,12-13H,3-7,10,18H2,1-2H3. The summed E-state index contributed by atoms with van der Waals surface area (Å²) in [5.41, 5.74) is 7.32. The van der Waals surface area contributed by atoms with Crippen LogP contribution >= 0.6 is 0 Å². The van der Waals surface area contributed by atoms with E-state index in [0.717, 1.165) is 17.7 Å². The van der Waals surface area contributed by atoms with Gasteiger partial charge in [0.15, 0.2) is 0 Å². The average Bonchev–Trinajstić information content (AvgIpc) is 2.39. The third-order valence-electron chi connectivity index (χ3n) is 3.19. The van der Waals surface area contributed by atoms with Gasteiger partial charge in [-0.15, -0.1) is 0 Å². The molecule has 3 nitrogen and oxygen atoms in total. The smallest absolute Gasteiger partial charge is 0.120 e. The van der Waals surface area contributed by atoms with Gasteiger partial charge in [0.05, 0.1) is 18.6 Å². The SMILES string of the molecule is CCCCCCC(C)Oc1ccc(N)c(CC#N)c1. The second-order valence-corrected chi connectivity index (χ2v) is 4.97. The molecule has 1 unspecified atom stereocenters. The molecule has 0 amide bonds. The van der Waals surface area contributed by atoms with Crippen molar-refractivity contribution >= 4 is 5.69 Å². The number of ether oxygens (including phenoxy) is 1. The summed E-state index contributed by atoms with van der Waals surface area (Å²) in [4.78, 5) is 0. The molecule has 0 fully saturated rings. The fraction of sp³-hybridized carbons (Fsp3) is 0.562. The van der Waals surface area contributed by atoms with Crippen molar-refractivity contribution in [2.75, 3.05) is 5.73 Å². The molecule has 2 N–H and O–H groups in total. The summed E-state index contributed by atoms with van der Waals surface area (Å²) in [7, 11) is 0. The van der Waals surface area contributed by atoms with Crippen molar-refractivity contribution in [3.8, 4) is 11.8 Å². The Hall–Kier alpha value is -1.69. The second kappa shape index (κ2) is 8.42. The first-order valence-electron chi connectivity index (χ1n) is 7.09. The van der Waals surface area contributed by atoms with Crippen LogP contribution in [0, 0.1) is 11.3 Å². The van der Waals surface area contributed by atoms with E-state index in [1.165, 1.54) is 25.7 Å². The Morgan fingerprint density at radius 1 is 1.32 bits per heavy atom. The molecule has 19 heavy (non-hydrogen) atoms.